The summed E-state index contributed by atoms with van der Waals surface area (Å²) < 4.78 is 0. The zero-order valence-electron chi connectivity index (χ0n) is 14.5. The zero-order valence-corrected chi connectivity index (χ0v) is 15.3. The maximum absolute atomic E-state index is 12.5. The molecule has 2 aromatic rings. The molecule has 140 valence electrons. The summed E-state index contributed by atoms with van der Waals surface area (Å²) >= 11 is 6.09. The number of benzene rings is 1. The monoisotopic (exact) mass is 386 g/mol. The summed E-state index contributed by atoms with van der Waals surface area (Å²) in [4.78, 5) is 41.9. The van der Waals surface area contributed by atoms with Crippen LogP contribution in [0.15, 0.2) is 48.7 Å². The Bertz CT molecular complexity index is 844. The molecule has 1 unspecified atom stereocenters. The lowest BCUT2D eigenvalue weighted by molar-refractivity contribution is -0.131. The first-order valence-corrected chi connectivity index (χ1v) is 8.94. The first-order valence-electron chi connectivity index (χ1n) is 8.56. The number of aromatic nitrogens is 1. The standard InChI is InChI=1S/C19H19ClN4O3/c20-15-7-2-1-5-13(15)12-24-18(26)16(23-19(24)27)11-17(25)22-10-8-14-6-3-4-9-21-14/h1-7,9,16H,8,10-12H2,(H,22,25)(H,23,27). The van der Waals surface area contributed by atoms with Crippen molar-refractivity contribution in [3.05, 3.63) is 64.9 Å². The van der Waals surface area contributed by atoms with Crippen LogP contribution in [0.1, 0.15) is 17.7 Å². The normalized spacial score (nSPS) is 16.3. The van der Waals surface area contributed by atoms with Crippen LogP contribution in [-0.2, 0) is 22.6 Å². The molecular formula is C19H19ClN4O3. The van der Waals surface area contributed by atoms with Gasteiger partial charge in [0.25, 0.3) is 5.91 Å². The summed E-state index contributed by atoms with van der Waals surface area (Å²) in [5, 5.41) is 5.78. The molecule has 0 bridgehead atoms. The van der Waals surface area contributed by atoms with Gasteiger partial charge in [-0.05, 0) is 23.8 Å². The van der Waals surface area contributed by atoms with Gasteiger partial charge in [0.2, 0.25) is 5.91 Å². The van der Waals surface area contributed by atoms with Crippen LogP contribution in [0.2, 0.25) is 5.02 Å². The van der Waals surface area contributed by atoms with Gasteiger partial charge in [-0.3, -0.25) is 19.5 Å². The minimum Gasteiger partial charge on any atom is -0.356 e. The second-order valence-electron chi connectivity index (χ2n) is 6.14. The molecule has 7 nitrogen and oxygen atoms in total. The molecule has 1 aromatic heterocycles. The number of nitrogens with zero attached hydrogens (tertiary/aromatic N) is 2. The van der Waals surface area contributed by atoms with E-state index in [4.69, 9.17) is 11.6 Å². The van der Waals surface area contributed by atoms with E-state index in [0.29, 0.717) is 23.6 Å². The van der Waals surface area contributed by atoms with E-state index in [1.165, 1.54) is 0 Å². The van der Waals surface area contributed by atoms with Crippen molar-refractivity contribution in [3.8, 4) is 0 Å². The van der Waals surface area contributed by atoms with Gasteiger partial charge in [-0.2, -0.15) is 0 Å². The van der Waals surface area contributed by atoms with Gasteiger partial charge in [0.15, 0.2) is 0 Å². The van der Waals surface area contributed by atoms with Crippen molar-refractivity contribution in [2.75, 3.05) is 6.54 Å². The quantitative estimate of drug-likeness (QED) is 0.711. The van der Waals surface area contributed by atoms with E-state index in [9.17, 15) is 14.4 Å². The molecule has 0 radical (unpaired) electrons. The average molecular weight is 387 g/mol. The SMILES string of the molecule is O=C(CC1NC(=O)N(Cc2ccccc2Cl)C1=O)NCCc1ccccn1. The summed E-state index contributed by atoms with van der Waals surface area (Å²) in [5.74, 6) is -0.732. The largest absolute Gasteiger partial charge is 0.356 e. The summed E-state index contributed by atoms with van der Waals surface area (Å²) in [5.41, 5.74) is 1.54. The van der Waals surface area contributed by atoms with Crippen molar-refractivity contribution in [1.82, 2.24) is 20.5 Å². The van der Waals surface area contributed by atoms with Crippen molar-refractivity contribution in [2.24, 2.45) is 0 Å². The van der Waals surface area contributed by atoms with Crippen LogP contribution in [-0.4, -0.2) is 40.3 Å². The number of nitrogens with one attached hydrogen (secondary N) is 2. The fraction of sp³-hybridized carbons (Fsp3) is 0.263. The molecule has 0 aliphatic carbocycles. The van der Waals surface area contributed by atoms with Gasteiger partial charge >= 0.3 is 6.03 Å². The van der Waals surface area contributed by atoms with Crippen LogP contribution < -0.4 is 10.6 Å². The number of urea groups is 1. The molecule has 1 aromatic carbocycles. The molecule has 1 atom stereocenters. The second-order valence-corrected chi connectivity index (χ2v) is 6.55. The summed E-state index contributed by atoms with van der Waals surface area (Å²) in [6, 6.07) is 11.2. The smallest absolute Gasteiger partial charge is 0.325 e. The highest BCUT2D eigenvalue weighted by atomic mass is 35.5. The van der Waals surface area contributed by atoms with Crippen LogP contribution in [0.3, 0.4) is 0 Å². The van der Waals surface area contributed by atoms with E-state index in [0.717, 1.165) is 10.6 Å². The molecule has 3 rings (SSSR count). The van der Waals surface area contributed by atoms with Crippen molar-refractivity contribution in [2.45, 2.75) is 25.4 Å². The van der Waals surface area contributed by atoms with E-state index in [-0.39, 0.29) is 18.9 Å². The number of imide groups is 1. The van der Waals surface area contributed by atoms with Crippen molar-refractivity contribution in [3.63, 3.8) is 0 Å². The van der Waals surface area contributed by atoms with Crippen LogP contribution >= 0.6 is 11.6 Å². The van der Waals surface area contributed by atoms with Crippen LogP contribution in [0.5, 0.6) is 0 Å². The fourth-order valence-corrected chi connectivity index (χ4v) is 2.99. The number of amides is 4. The summed E-state index contributed by atoms with van der Waals surface area (Å²) in [6.07, 6.45) is 2.18. The molecule has 0 saturated carbocycles. The maximum atomic E-state index is 12.5. The number of carbonyl (C=O) groups is 3. The van der Waals surface area contributed by atoms with Gasteiger partial charge in [-0.15, -0.1) is 0 Å². The maximum Gasteiger partial charge on any atom is 0.325 e. The molecule has 2 heterocycles. The van der Waals surface area contributed by atoms with Crippen LogP contribution in [0, 0.1) is 0 Å². The molecule has 4 amide bonds. The van der Waals surface area contributed by atoms with Crippen LogP contribution in [0.25, 0.3) is 0 Å². The highest BCUT2D eigenvalue weighted by Crippen LogP contribution is 2.20. The molecule has 1 fully saturated rings. The van der Waals surface area contributed by atoms with Gasteiger partial charge in [-0.25, -0.2) is 4.79 Å². The van der Waals surface area contributed by atoms with Gasteiger partial charge in [0, 0.05) is 29.9 Å². The average Bonchev–Trinajstić information content (AvgIpc) is 2.91. The zero-order chi connectivity index (χ0) is 19.2. The minimum atomic E-state index is -0.866. The van der Waals surface area contributed by atoms with Gasteiger partial charge in [0.05, 0.1) is 13.0 Å². The van der Waals surface area contributed by atoms with Crippen molar-refractivity contribution >= 4 is 29.4 Å². The Kier molecular flexibility index (Phi) is 6.03. The minimum absolute atomic E-state index is 0.0716. The Balaban J connectivity index is 1.50. The molecule has 2 N–H and O–H groups in total. The lowest BCUT2D eigenvalue weighted by Gasteiger charge is -2.14. The van der Waals surface area contributed by atoms with Gasteiger partial charge in [0.1, 0.15) is 6.04 Å². The summed E-state index contributed by atoms with van der Waals surface area (Å²) in [7, 11) is 0. The highest BCUT2D eigenvalue weighted by molar-refractivity contribution is 6.31. The topological polar surface area (TPSA) is 91.4 Å². The Morgan fingerprint density at radius 1 is 1.19 bits per heavy atom. The lowest BCUT2D eigenvalue weighted by atomic mass is 10.1. The molecular weight excluding hydrogens is 368 g/mol. The third-order valence-electron chi connectivity index (χ3n) is 4.21. The summed E-state index contributed by atoms with van der Waals surface area (Å²) in [6.45, 7) is 0.482. The van der Waals surface area contributed by atoms with E-state index in [2.05, 4.69) is 15.6 Å². The van der Waals surface area contributed by atoms with E-state index >= 15 is 0 Å². The van der Waals surface area contributed by atoms with E-state index in [1.807, 2.05) is 18.2 Å². The number of carbonyl (C=O) groups excluding carboxylic acids is 3. The second kappa shape index (κ2) is 8.64. The first kappa shape index (κ1) is 18.8. The predicted molar refractivity (Wildman–Crippen MR) is 99.9 cm³/mol. The Hall–Kier alpha value is -2.93. The lowest BCUT2D eigenvalue weighted by Crippen LogP contribution is -2.37. The Labute approximate surface area is 161 Å². The number of rotatable bonds is 7. The molecule has 1 aliphatic heterocycles. The Morgan fingerprint density at radius 3 is 2.70 bits per heavy atom. The highest BCUT2D eigenvalue weighted by Gasteiger charge is 2.39. The van der Waals surface area contributed by atoms with Gasteiger partial charge < -0.3 is 10.6 Å². The van der Waals surface area contributed by atoms with Crippen molar-refractivity contribution in [1.29, 1.82) is 0 Å². The van der Waals surface area contributed by atoms with Crippen molar-refractivity contribution < 1.29 is 14.4 Å². The molecule has 27 heavy (non-hydrogen) atoms. The number of halogens is 1. The van der Waals surface area contributed by atoms with E-state index in [1.54, 1.807) is 30.5 Å². The predicted octanol–water partition coefficient (Wildman–Crippen LogP) is 1.90. The molecule has 8 heteroatoms. The molecule has 0 spiro atoms. The fourth-order valence-electron chi connectivity index (χ4n) is 2.80. The first-order chi connectivity index (χ1) is 13.0. The number of pyridine rings is 1. The number of hydrogen-bond donors (Lipinski definition) is 2. The molecule has 1 saturated heterocycles. The third-order valence-corrected chi connectivity index (χ3v) is 4.58. The third kappa shape index (κ3) is 4.83. The van der Waals surface area contributed by atoms with Crippen LogP contribution in [0.4, 0.5) is 4.79 Å². The number of hydrogen-bond acceptors (Lipinski definition) is 4. The van der Waals surface area contributed by atoms with E-state index < -0.39 is 18.0 Å². The Morgan fingerprint density at radius 2 is 1.96 bits per heavy atom. The molecule has 1 aliphatic rings. The van der Waals surface area contributed by atoms with Gasteiger partial charge in [-0.1, -0.05) is 35.9 Å².